The lowest BCUT2D eigenvalue weighted by Gasteiger charge is -2.07. The van der Waals surface area contributed by atoms with Gasteiger partial charge in [-0.2, -0.15) is 0 Å². The van der Waals surface area contributed by atoms with Crippen LogP contribution >= 0.6 is 0 Å². The van der Waals surface area contributed by atoms with Crippen LogP contribution in [-0.4, -0.2) is 36.1 Å². The largest absolute Gasteiger partial charge is 0.394 e. The molecule has 0 saturated heterocycles. The molecule has 0 aromatic heterocycles. The quantitative estimate of drug-likeness (QED) is 0.319. The fourth-order valence-electron chi connectivity index (χ4n) is 2.81. The molecule has 0 aliphatic carbocycles. The zero-order chi connectivity index (χ0) is 17.0. The van der Waals surface area contributed by atoms with E-state index in [9.17, 15) is 0 Å². The van der Waals surface area contributed by atoms with Crippen molar-refractivity contribution in [3.05, 3.63) is 0 Å². The van der Waals surface area contributed by atoms with E-state index in [1.54, 1.807) is 0 Å². The third-order valence-corrected chi connectivity index (χ3v) is 4.45. The van der Waals surface area contributed by atoms with E-state index in [-0.39, 0.29) is 6.61 Å². The molecule has 0 heterocycles. The van der Waals surface area contributed by atoms with E-state index in [1.165, 1.54) is 83.5 Å². The van der Waals surface area contributed by atoms with Gasteiger partial charge in [-0.1, -0.05) is 90.4 Å². The number of rotatable bonds is 19. The van der Waals surface area contributed by atoms with Gasteiger partial charge in [0.05, 0.1) is 12.7 Å². The topological polar surface area (TPSA) is 49.7 Å². The maximum atomic E-state index is 9.15. The van der Waals surface area contributed by atoms with Crippen LogP contribution < -0.4 is 0 Å². The molecule has 0 radical (unpaired) electrons. The number of unbranched alkanes of at least 4 members (excludes halogenated alkanes) is 13. The predicted molar refractivity (Wildman–Crippen MR) is 98.8 cm³/mol. The SMILES string of the molecule is CCCCCCCCCCCCCCCCOCC[C@@H](O)CO. The Morgan fingerprint density at radius 3 is 1.52 bits per heavy atom. The standard InChI is InChI=1S/C20H42O3/c1-2-3-4-5-6-7-8-9-10-11-12-13-14-15-17-23-18-16-20(22)19-21/h20-22H,2-19H2,1H3/t20-/m1/s1. The van der Waals surface area contributed by atoms with Crippen molar-refractivity contribution in [2.75, 3.05) is 19.8 Å². The highest BCUT2D eigenvalue weighted by atomic mass is 16.5. The Kier molecular flexibility index (Phi) is 19.8. The summed E-state index contributed by atoms with van der Waals surface area (Å²) in [4.78, 5) is 0. The summed E-state index contributed by atoms with van der Waals surface area (Å²) in [6.07, 6.45) is 19.1. The first-order valence-electron chi connectivity index (χ1n) is 10.2. The average Bonchev–Trinajstić information content (AvgIpc) is 2.57. The second-order valence-electron chi connectivity index (χ2n) is 6.83. The summed E-state index contributed by atoms with van der Waals surface area (Å²) in [5.74, 6) is 0. The summed E-state index contributed by atoms with van der Waals surface area (Å²) < 4.78 is 5.44. The van der Waals surface area contributed by atoms with Crippen LogP contribution in [0.2, 0.25) is 0 Å². The van der Waals surface area contributed by atoms with Crippen LogP contribution in [0.15, 0.2) is 0 Å². The smallest absolute Gasteiger partial charge is 0.0792 e. The van der Waals surface area contributed by atoms with Crippen molar-refractivity contribution in [2.45, 2.75) is 109 Å². The third kappa shape index (κ3) is 19.8. The minimum atomic E-state index is -0.619. The van der Waals surface area contributed by atoms with Crippen molar-refractivity contribution in [3.8, 4) is 0 Å². The number of hydrogen-bond acceptors (Lipinski definition) is 3. The molecule has 0 rings (SSSR count). The van der Waals surface area contributed by atoms with Gasteiger partial charge in [-0.05, 0) is 12.8 Å². The third-order valence-electron chi connectivity index (χ3n) is 4.45. The van der Waals surface area contributed by atoms with Crippen molar-refractivity contribution in [2.24, 2.45) is 0 Å². The highest BCUT2D eigenvalue weighted by Crippen LogP contribution is 2.12. The first kappa shape index (κ1) is 22.9. The molecule has 140 valence electrons. The van der Waals surface area contributed by atoms with Crippen LogP contribution in [0.1, 0.15) is 103 Å². The molecule has 0 unspecified atom stereocenters. The molecule has 2 N–H and O–H groups in total. The summed E-state index contributed by atoms with van der Waals surface area (Å²) in [5.41, 5.74) is 0. The summed E-state index contributed by atoms with van der Waals surface area (Å²) in [5, 5.41) is 17.8. The molecule has 0 amide bonds. The molecule has 23 heavy (non-hydrogen) atoms. The molecule has 0 aliphatic rings. The van der Waals surface area contributed by atoms with E-state index in [4.69, 9.17) is 14.9 Å². The van der Waals surface area contributed by atoms with Crippen LogP contribution in [-0.2, 0) is 4.74 Å². The molecule has 0 aromatic carbocycles. The molecule has 0 aromatic rings. The van der Waals surface area contributed by atoms with Crippen molar-refractivity contribution < 1.29 is 14.9 Å². The Morgan fingerprint density at radius 2 is 1.09 bits per heavy atom. The van der Waals surface area contributed by atoms with E-state index in [0.29, 0.717) is 13.0 Å². The van der Waals surface area contributed by atoms with E-state index < -0.39 is 6.10 Å². The minimum Gasteiger partial charge on any atom is -0.394 e. The van der Waals surface area contributed by atoms with E-state index in [2.05, 4.69) is 6.92 Å². The Hall–Kier alpha value is -0.120. The molecule has 0 saturated carbocycles. The number of ether oxygens (including phenoxy) is 1. The molecular formula is C20H42O3. The Labute approximate surface area is 144 Å². The second kappa shape index (κ2) is 19.9. The van der Waals surface area contributed by atoms with Crippen LogP contribution in [0.4, 0.5) is 0 Å². The molecule has 0 bridgehead atoms. The summed E-state index contributed by atoms with van der Waals surface area (Å²) in [6.45, 7) is 3.45. The molecule has 3 heteroatoms. The van der Waals surface area contributed by atoms with Crippen molar-refractivity contribution >= 4 is 0 Å². The zero-order valence-corrected chi connectivity index (χ0v) is 15.6. The molecule has 0 spiro atoms. The average molecular weight is 331 g/mol. The van der Waals surface area contributed by atoms with Gasteiger partial charge in [-0.25, -0.2) is 0 Å². The lowest BCUT2D eigenvalue weighted by atomic mass is 10.0. The summed E-state index contributed by atoms with van der Waals surface area (Å²) in [6, 6.07) is 0. The van der Waals surface area contributed by atoms with Crippen molar-refractivity contribution in [1.82, 2.24) is 0 Å². The van der Waals surface area contributed by atoms with E-state index >= 15 is 0 Å². The van der Waals surface area contributed by atoms with Gasteiger partial charge in [0.15, 0.2) is 0 Å². The van der Waals surface area contributed by atoms with Crippen LogP contribution in [0.5, 0.6) is 0 Å². The number of aliphatic hydroxyl groups is 2. The van der Waals surface area contributed by atoms with E-state index in [0.717, 1.165) is 13.0 Å². The van der Waals surface area contributed by atoms with Gasteiger partial charge in [0.1, 0.15) is 0 Å². The van der Waals surface area contributed by atoms with E-state index in [1.807, 2.05) is 0 Å². The molecule has 3 nitrogen and oxygen atoms in total. The number of hydrogen-bond donors (Lipinski definition) is 2. The predicted octanol–water partition coefficient (Wildman–Crippen LogP) is 5.23. The number of aliphatic hydroxyl groups excluding tert-OH is 2. The van der Waals surface area contributed by atoms with Gasteiger partial charge < -0.3 is 14.9 Å². The van der Waals surface area contributed by atoms with Gasteiger partial charge in [-0.3, -0.25) is 0 Å². The molecule has 1 atom stereocenters. The first-order chi connectivity index (χ1) is 11.3. The maximum Gasteiger partial charge on any atom is 0.0792 e. The Bertz CT molecular complexity index is 209. The molecule has 0 aliphatic heterocycles. The highest BCUT2D eigenvalue weighted by molar-refractivity contribution is 4.51. The normalized spacial score (nSPS) is 12.7. The minimum absolute atomic E-state index is 0.164. The summed E-state index contributed by atoms with van der Waals surface area (Å²) >= 11 is 0. The molecular weight excluding hydrogens is 288 g/mol. The van der Waals surface area contributed by atoms with Crippen LogP contribution in [0.25, 0.3) is 0 Å². The van der Waals surface area contributed by atoms with Gasteiger partial charge in [0, 0.05) is 13.2 Å². The molecule has 0 fully saturated rings. The van der Waals surface area contributed by atoms with Crippen LogP contribution in [0, 0.1) is 0 Å². The Morgan fingerprint density at radius 1 is 0.652 bits per heavy atom. The lowest BCUT2D eigenvalue weighted by molar-refractivity contribution is 0.0475. The van der Waals surface area contributed by atoms with Crippen molar-refractivity contribution in [1.29, 1.82) is 0 Å². The fraction of sp³-hybridized carbons (Fsp3) is 1.00. The van der Waals surface area contributed by atoms with Crippen molar-refractivity contribution in [3.63, 3.8) is 0 Å². The van der Waals surface area contributed by atoms with Crippen LogP contribution in [0.3, 0.4) is 0 Å². The van der Waals surface area contributed by atoms with Gasteiger partial charge in [-0.15, -0.1) is 0 Å². The fourth-order valence-corrected chi connectivity index (χ4v) is 2.81. The zero-order valence-electron chi connectivity index (χ0n) is 15.6. The van der Waals surface area contributed by atoms with Gasteiger partial charge in [0.2, 0.25) is 0 Å². The second-order valence-corrected chi connectivity index (χ2v) is 6.83. The highest BCUT2D eigenvalue weighted by Gasteiger charge is 2.00. The maximum absolute atomic E-state index is 9.15. The summed E-state index contributed by atoms with van der Waals surface area (Å²) in [7, 11) is 0. The Balaban J connectivity index is 2.97. The lowest BCUT2D eigenvalue weighted by Crippen LogP contribution is -2.14. The van der Waals surface area contributed by atoms with Gasteiger partial charge in [0.25, 0.3) is 0 Å². The first-order valence-corrected chi connectivity index (χ1v) is 10.2. The van der Waals surface area contributed by atoms with Gasteiger partial charge >= 0.3 is 0 Å². The monoisotopic (exact) mass is 330 g/mol.